The van der Waals surface area contributed by atoms with Crippen molar-refractivity contribution in [3.05, 3.63) is 29.8 Å². The summed E-state index contributed by atoms with van der Waals surface area (Å²) in [4.78, 5) is 45.9. The molecule has 4 aliphatic rings. The number of ketones is 1. The third kappa shape index (κ3) is 4.45. The number of terminal acetylenes is 1. The summed E-state index contributed by atoms with van der Waals surface area (Å²) < 4.78 is 5.75. The molecule has 1 saturated carbocycles. The van der Waals surface area contributed by atoms with Gasteiger partial charge in [0.2, 0.25) is 0 Å². The van der Waals surface area contributed by atoms with Gasteiger partial charge in [-0.3, -0.25) is 19.3 Å². The lowest BCUT2D eigenvalue weighted by Crippen LogP contribution is -2.68. The van der Waals surface area contributed by atoms with Crippen molar-refractivity contribution in [2.75, 3.05) is 51.3 Å². The molecule has 3 aliphatic heterocycles. The minimum absolute atomic E-state index is 0.00861. The quantitative estimate of drug-likeness (QED) is 0.477. The minimum Gasteiger partial charge on any atom is -0.369 e. The second-order valence-corrected chi connectivity index (χ2v) is 10.7. The first-order chi connectivity index (χ1) is 17.5. The number of anilines is 1. The minimum atomic E-state index is -1.30. The van der Waals surface area contributed by atoms with E-state index in [1.165, 1.54) is 0 Å². The zero-order valence-corrected chi connectivity index (χ0v) is 21.0. The van der Waals surface area contributed by atoms with E-state index < -0.39 is 17.8 Å². The fourth-order valence-electron chi connectivity index (χ4n) is 6.47. The maximum absolute atomic E-state index is 13.6. The number of benzene rings is 1. The van der Waals surface area contributed by atoms with Gasteiger partial charge in [0, 0.05) is 49.9 Å². The Morgan fingerprint density at radius 1 is 1.14 bits per heavy atom. The van der Waals surface area contributed by atoms with Crippen LogP contribution in [-0.4, -0.2) is 92.0 Å². The summed E-state index contributed by atoms with van der Waals surface area (Å²) in [6.45, 7) is 4.24. The number of likely N-dealkylation sites (N-methyl/N-ethyl adjacent to an activating group) is 1. The van der Waals surface area contributed by atoms with Gasteiger partial charge in [0.15, 0.2) is 17.7 Å². The van der Waals surface area contributed by atoms with E-state index in [9.17, 15) is 14.4 Å². The van der Waals surface area contributed by atoms with Crippen molar-refractivity contribution in [1.29, 1.82) is 0 Å². The number of nitrogens with zero attached hydrogens (tertiary/aromatic N) is 3. The lowest BCUT2D eigenvalue weighted by atomic mass is 9.78. The van der Waals surface area contributed by atoms with E-state index in [1.807, 2.05) is 29.2 Å². The molecule has 1 N–H and O–H groups in total. The lowest BCUT2D eigenvalue weighted by Gasteiger charge is -2.46. The van der Waals surface area contributed by atoms with Crippen LogP contribution in [-0.2, 0) is 14.3 Å². The summed E-state index contributed by atoms with van der Waals surface area (Å²) in [5.41, 5.74) is 0.278. The standard InChI is InChI=1S/C28H36N4O4/c1-3-20-17-32(25-24(34)18-36-26(20)25)28(19-33,22-7-5-4-6-8-22)29-27(35)21-9-11-23(12-10-21)31-15-13-30(2)14-16-31/h1,9-12,19-20,22,25-26H,4-8,13-18H2,2H3,(H,29,35). The normalized spacial score (nSPS) is 29.4. The number of carbonyl (C=O) groups is 3. The Morgan fingerprint density at radius 3 is 2.47 bits per heavy atom. The molecule has 4 fully saturated rings. The van der Waals surface area contributed by atoms with Gasteiger partial charge in [0.1, 0.15) is 12.6 Å². The van der Waals surface area contributed by atoms with Crippen LogP contribution in [0, 0.1) is 24.2 Å². The van der Waals surface area contributed by atoms with Crippen molar-refractivity contribution in [2.24, 2.45) is 11.8 Å². The molecule has 192 valence electrons. The van der Waals surface area contributed by atoms with Crippen molar-refractivity contribution in [3.8, 4) is 12.3 Å². The van der Waals surface area contributed by atoms with Crippen LogP contribution in [0.2, 0.25) is 0 Å². The SMILES string of the molecule is C#CC1CN(C(C=O)(NC(=O)c2ccc(N3CCN(C)CC3)cc2)C2CCCCC2)C2C(=O)COC12. The summed E-state index contributed by atoms with van der Waals surface area (Å²) in [6.07, 6.45) is 10.9. The number of Topliss-reactive ketones (excluding diaryl/α,β-unsaturated/α-hetero) is 1. The number of carbonyl (C=O) groups excluding carboxylic acids is 3. The van der Waals surface area contributed by atoms with Gasteiger partial charge in [0.05, 0.1) is 12.0 Å². The second kappa shape index (κ2) is 10.3. The average molecular weight is 493 g/mol. The van der Waals surface area contributed by atoms with Crippen molar-refractivity contribution in [2.45, 2.75) is 49.9 Å². The molecular formula is C28H36N4O4. The van der Waals surface area contributed by atoms with Crippen LogP contribution in [0.4, 0.5) is 5.69 Å². The zero-order chi connectivity index (χ0) is 25.3. The van der Waals surface area contributed by atoms with Crippen LogP contribution < -0.4 is 10.2 Å². The third-order valence-corrected chi connectivity index (χ3v) is 8.59. The first-order valence-corrected chi connectivity index (χ1v) is 13.2. The topological polar surface area (TPSA) is 82.2 Å². The maximum Gasteiger partial charge on any atom is 0.253 e. The Labute approximate surface area is 213 Å². The Morgan fingerprint density at radius 2 is 1.83 bits per heavy atom. The number of fused-ring (bicyclic) bond motifs is 1. The van der Waals surface area contributed by atoms with Gasteiger partial charge in [-0.05, 0) is 44.2 Å². The summed E-state index contributed by atoms with van der Waals surface area (Å²) >= 11 is 0. The van der Waals surface area contributed by atoms with E-state index in [2.05, 4.69) is 28.1 Å². The van der Waals surface area contributed by atoms with Crippen molar-refractivity contribution in [3.63, 3.8) is 0 Å². The molecule has 0 bridgehead atoms. The van der Waals surface area contributed by atoms with Crippen LogP contribution in [0.25, 0.3) is 0 Å². The van der Waals surface area contributed by atoms with Crippen LogP contribution in [0.3, 0.4) is 0 Å². The number of aldehydes is 1. The molecule has 0 radical (unpaired) electrons. The van der Waals surface area contributed by atoms with Gasteiger partial charge in [-0.2, -0.15) is 0 Å². The fraction of sp³-hybridized carbons (Fsp3) is 0.607. The van der Waals surface area contributed by atoms with Gasteiger partial charge in [-0.1, -0.05) is 25.2 Å². The number of hydrogen-bond donors (Lipinski definition) is 1. The number of likely N-dealkylation sites (tertiary alicyclic amines) is 1. The predicted molar refractivity (Wildman–Crippen MR) is 137 cm³/mol. The number of amides is 1. The van der Waals surface area contributed by atoms with Gasteiger partial charge in [0.25, 0.3) is 5.91 Å². The molecular weight excluding hydrogens is 456 g/mol. The smallest absolute Gasteiger partial charge is 0.253 e. The Kier molecular flexibility index (Phi) is 7.16. The number of hydrogen-bond acceptors (Lipinski definition) is 7. The molecule has 3 heterocycles. The van der Waals surface area contributed by atoms with Gasteiger partial charge in [-0.15, -0.1) is 6.42 Å². The molecule has 5 rings (SSSR count). The molecule has 3 saturated heterocycles. The molecule has 4 unspecified atom stereocenters. The van der Waals surface area contributed by atoms with Gasteiger partial charge in [-0.25, -0.2) is 0 Å². The molecule has 0 spiro atoms. The Bertz CT molecular complexity index is 1020. The van der Waals surface area contributed by atoms with Crippen LogP contribution >= 0.6 is 0 Å². The fourth-order valence-corrected chi connectivity index (χ4v) is 6.47. The highest BCUT2D eigenvalue weighted by molar-refractivity contribution is 5.97. The molecule has 1 aromatic carbocycles. The molecule has 1 amide bonds. The predicted octanol–water partition coefficient (Wildman–Crippen LogP) is 1.55. The Balaban J connectivity index is 1.41. The molecule has 4 atom stereocenters. The maximum atomic E-state index is 13.6. The molecule has 8 heteroatoms. The second-order valence-electron chi connectivity index (χ2n) is 10.7. The van der Waals surface area contributed by atoms with Crippen LogP contribution in [0.15, 0.2) is 24.3 Å². The number of rotatable bonds is 6. The Hall–Kier alpha value is -2.73. The van der Waals surface area contributed by atoms with Crippen molar-refractivity contribution >= 4 is 23.7 Å². The van der Waals surface area contributed by atoms with Crippen molar-refractivity contribution < 1.29 is 19.1 Å². The number of piperazine rings is 1. The zero-order valence-electron chi connectivity index (χ0n) is 21.0. The van der Waals surface area contributed by atoms with E-state index in [0.29, 0.717) is 12.1 Å². The van der Waals surface area contributed by atoms with Gasteiger partial charge >= 0.3 is 0 Å². The summed E-state index contributed by atoms with van der Waals surface area (Å²) in [7, 11) is 2.12. The third-order valence-electron chi connectivity index (χ3n) is 8.59. The van der Waals surface area contributed by atoms with E-state index in [4.69, 9.17) is 11.2 Å². The van der Waals surface area contributed by atoms with E-state index in [-0.39, 0.29) is 30.1 Å². The number of ether oxygens (including phenoxy) is 1. The average Bonchev–Trinajstić information content (AvgIpc) is 3.49. The molecule has 1 aromatic rings. The van der Waals surface area contributed by atoms with Gasteiger partial charge < -0.3 is 19.9 Å². The molecule has 36 heavy (non-hydrogen) atoms. The molecule has 0 aromatic heterocycles. The highest BCUT2D eigenvalue weighted by Crippen LogP contribution is 2.42. The van der Waals surface area contributed by atoms with E-state index in [0.717, 1.165) is 70.3 Å². The molecule has 8 nitrogen and oxygen atoms in total. The monoisotopic (exact) mass is 492 g/mol. The van der Waals surface area contributed by atoms with Crippen LogP contribution in [0.1, 0.15) is 42.5 Å². The number of nitrogens with one attached hydrogen (secondary N) is 1. The summed E-state index contributed by atoms with van der Waals surface area (Å²) in [5.74, 6) is 1.97. The van der Waals surface area contributed by atoms with E-state index >= 15 is 0 Å². The summed E-state index contributed by atoms with van der Waals surface area (Å²) in [5, 5.41) is 3.11. The lowest BCUT2D eigenvalue weighted by molar-refractivity contribution is -0.132. The van der Waals surface area contributed by atoms with Crippen LogP contribution in [0.5, 0.6) is 0 Å². The van der Waals surface area contributed by atoms with Crippen molar-refractivity contribution in [1.82, 2.24) is 15.1 Å². The first kappa shape index (κ1) is 24.9. The highest BCUT2D eigenvalue weighted by Gasteiger charge is 2.59. The molecule has 1 aliphatic carbocycles. The van der Waals surface area contributed by atoms with E-state index in [1.54, 1.807) is 0 Å². The summed E-state index contributed by atoms with van der Waals surface area (Å²) in [6, 6.07) is 6.97. The largest absolute Gasteiger partial charge is 0.369 e. The highest BCUT2D eigenvalue weighted by atomic mass is 16.5. The first-order valence-electron chi connectivity index (χ1n) is 13.2.